The lowest BCUT2D eigenvalue weighted by Crippen LogP contribution is -1.94. The number of hydrogen-bond donors (Lipinski definition) is 1. The van der Waals surface area contributed by atoms with E-state index in [9.17, 15) is 9.59 Å². The van der Waals surface area contributed by atoms with Crippen molar-refractivity contribution >= 4 is 11.8 Å². The predicted molar refractivity (Wildman–Crippen MR) is 40.4 cm³/mol. The lowest BCUT2D eigenvalue weighted by molar-refractivity contribution is -0.131. The van der Waals surface area contributed by atoms with Gasteiger partial charge in [0, 0.05) is 24.1 Å². The van der Waals surface area contributed by atoms with Gasteiger partial charge in [-0.25, -0.2) is 4.79 Å². The fourth-order valence-electron chi connectivity index (χ4n) is 1.03. The lowest BCUT2D eigenvalue weighted by atomic mass is 10.2. The molecule has 1 N–H and O–H groups in total. The van der Waals surface area contributed by atoms with Gasteiger partial charge in [0.1, 0.15) is 5.76 Å². The maximum Gasteiger partial charge on any atom is 0.328 e. The molecule has 1 aliphatic rings. The van der Waals surface area contributed by atoms with Crippen LogP contribution in [0, 0.1) is 0 Å². The van der Waals surface area contributed by atoms with E-state index in [0.29, 0.717) is 11.3 Å². The summed E-state index contributed by atoms with van der Waals surface area (Å²) < 4.78 is 4.80. The molecule has 0 radical (unpaired) electrons. The number of ketones is 1. The fraction of sp³-hybridized carbons (Fsp3) is 0.250. The minimum absolute atomic E-state index is 0.121. The van der Waals surface area contributed by atoms with Crippen LogP contribution in [0.1, 0.15) is 6.42 Å². The molecule has 4 heteroatoms. The average Bonchev–Trinajstić information content (AvgIpc) is 2.29. The van der Waals surface area contributed by atoms with Gasteiger partial charge in [-0.3, -0.25) is 4.79 Å². The molecule has 0 aromatic heterocycles. The number of methoxy groups -OCH3 is 1. The van der Waals surface area contributed by atoms with Gasteiger partial charge >= 0.3 is 5.97 Å². The first-order valence-corrected chi connectivity index (χ1v) is 3.36. The standard InChI is InChI=1S/C8H8O4/c1-12-7-4-6(9)2-5(7)3-8(10)11/h3-4H,2H2,1H3,(H,10,11)/b5-3+. The number of carboxylic acid groups (broad SMARTS) is 1. The van der Waals surface area contributed by atoms with Crippen molar-refractivity contribution < 1.29 is 19.4 Å². The van der Waals surface area contributed by atoms with Crippen LogP contribution in [0.3, 0.4) is 0 Å². The molecule has 0 fully saturated rings. The van der Waals surface area contributed by atoms with Crippen molar-refractivity contribution in [1.82, 2.24) is 0 Å². The second-order valence-electron chi connectivity index (χ2n) is 2.36. The van der Waals surface area contributed by atoms with Crippen LogP contribution in [0.4, 0.5) is 0 Å². The normalized spacial score (nSPS) is 19.6. The first-order valence-electron chi connectivity index (χ1n) is 3.36. The van der Waals surface area contributed by atoms with Crippen molar-refractivity contribution in [3.8, 4) is 0 Å². The zero-order valence-corrected chi connectivity index (χ0v) is 6.53. The minimum atomic E-state index is -1.07. The predicted octanol–water partition coefficient (Wildman–Crippen LogP) is 0.500. The average molecular weight is 168 g/mol. The van der Waals surface area contributed by atoms with E-state index in [1.807, 2.05) is 0 Å². The van der Waals surface area contributed by atoms with Gasteiger partial charge < -0.3 is 9.84 Å². The number of carbonyl (C=O) groups excluding carboxylic acids is 1. The third-order valence-electron chi connectivity index (χ3n) is 1.49. The quantitative estimate of drug-likeness (QED) is 0.610. The molecule has 64 valence electrons. The number of carboxylic acids is 1. The number of carbonyl (C=O) groups is 2. The maximum atomic E-state index is 10.8. The molecule has 0 saturated carbocycles. The van der Waals surface area contributed by atoms with Crippen LogP contribution < -0.4 is 0 Å². The highest BCUT2D eigenvalue weighted by molar-refractivity contribution is 5.98. The van der Waals surface area contributed by atoms with Gasteiger partial charge in [-0.2, -0.15) is 0 Å². The monoisotopic (exact) mass is 168 g/mol. The van der Waals surface area contributed by atoms with Crippen LogP contribution in [-0.4, -0.2) is 24.0 Å². The van der Waals surface area contributed by atoms with Crippen molar-refractivity contribution in [2.45, 2.75) is 6.42 Å². The number of rotatable bonds is 2. The van der Waals surface area contributed by atoms with Gasteiger partial charge in [-0.15, -0.1) is 0 Å². The Hall–Kier alpha value is -1.58. The number of hydrogen-bond acceptors (Lipinski definition) is 3. The van der Waals surface area contributed by atoms with E-state index >= 15 is 0 Å². The van der Waals surface area contributed by atoms with Gasteiger partial charge in [0.2, 0.25) is 0 Å². The molecule has 0 aromatic rings. The number of allylic oxidation sites excluding steroid dienone is 2. The van der Waals surface area contributed by atoms with Gasteiger partial charge in [-0.1, -0.05) is 0 Å². The van der Waals surface area contributed by atoms with Crippen LogP contribution in [0.5, 0.6) is 0 Å². The zero-order chi connectivity index (χ0) is 9.14. The van der Waals surface area contributed by atoms with Crippen molar-refractivity contribution in [2.75, 3.05) is 7.11 Å². The molecule has 0 unspecified atom stereocenters. The van der Waals surface area contributed by atoms with Crippen LogP contribution in [0.25, 0.3) is 0 Å². The van der Waals surface area contributed by atoms with Crippen molar-refractivity contribution in [3.05, 3.63) is 23.5 Å². The summed E-state index contributed by atoms with van der Waals surface area (Å²) in [4.78, 5) is 21.1. The molecule has 0 aromatic carbocycles. The molecule has 0 amide bonds. The summed E-state index contributed by atoms with van der Waals surface area (Å²) in [5.74, 6) is -0.843. The van der Waals surface area contributed by atoms with Crippen molar-refractivity contribution in [1.29, 1.82) is 0 Å². The Bertz CT molecular complexity index is 285. The van der Waals surface area contributed by atoms with E-state index in [0.717, 1.165) is 6.08 Å². The van der Waals surface area contributed by atoms with E-state index in [1.54, 1.807) is 0 Å². The molecule has 12 heavy (non-hydrogen) atoms. The highest BCUT2D eigenvalue weighted by atomic mass is 16.5. The Morgan fingerprint density at radius 1 is 1.75 bits per heavy atom. The molecule has 0 saturated heterocycles. The van der Waals surface area contributed by atoms with Gasteiger partial charge in [0.05, 0.1) is 7.11 Å². The second-order valence-corrected chi connectivity index (χ2v) is 2.36. The largest absolute Gasteiger partial charge is 0.496 e. The molecular formula is C8H8O4. The highest BCUT2D eigenvalue weighted by Crippen LogP contribution is 2.22. The Labute approximate surface area is 69.1 Å². The van der Waals surface area contributed by atoms with Gasteiger partial charge in [0.25, 0.3) is 0 Å². The smallest absolute Gasteiger partial charge is 0.328 e. The Kier molecular flexibility index (Phi) is 2.28. The highest BCUT2D eigenvalue weighted by Gasteiger charge is 2.19. The van der Waals surface area contributed by atoms with Crippen LogP contribution in [0.15, 0.2) is 23.5 Å². The van der Waals surface area contributed by atoms with Gasteiger partial charge in [-0.05, 0) is 0 Å². The molecular weight excluding hydrogens is 160 g/mol. The maximum absolute atomic E-state index is 10.8. The molecule has 0 heterocycles. The second kappa shape index (κ2) is 3.21. The molecule has 0 aliphatic heterocycles. The third-order valence-corrected chi connectivity index (χ3v) is 1.49. The molecule has 4 nitrogen and oxygen atoms in total. The summed E-state index contributed by atoms with van der Waals surface area (Å²) in [6, 6.07) is 0. The minimum Gasteiger partial charge on any atom is -0.496 e. The Morgan fingerprint density at radius 2 is 2.42 bits per heavy atom. The van der Waals surface area contributed by atoms with Crippen molar-refractivity contribution in [2.24, 2.45) is 0 Å². The van der Waals surface area contributed by atoms with Crippen LogP contribution in [0.2, 0.25) is 0 Å². The first kappa shape index (κ1) is 8.52. The number of ether oxygens (including phenoxy) is 1. The summed E-state index contributed by atoms with van der Waals surface area (Å²) in [5, 5.41) is 8.40. The summed E-state index contributed by atoms with van der Waals surface area (Å²) in [6.45, 7) is 0. The van der Waals surface area contributed by atoms with E-state index in [1.165, 1.54) is 13.2 Å². The Balaban J connectivity index is 2.89. The molecule has 1 aliphatic carbocycles. The third kappa shape index (κ3) is 1.72. The van der Waals surface area contributed by atoms with E-state index in [2.05, 4.69) is 0 Å². The lowest BCUT2D eigenvalue weighted by Gasteiger charge is -2.00. The SMILES string of the molecule is COC1=CC(=O)C/C1=C\C(=O)O. The van der Waals surface area contributed by atoms with E-state index in [-0.39, 0.29) is 12.2 Å². The summed E-state index contributed by atoms with van der Waals surface area (Å²) in [7, 11) is 1.40. The summed E-state index contributed by atoms with van der Waals surface area (Å²) in [5.41, 5.74) is 0.426. The molecule has 0 atom stereocenters. The molecule has 0 spiro atoms. The van der Waals surface area contributed by atoms with E-state index in [4.69, 9.17) is 9.84 Å². The number of aliphatic carboxylic acids is 1. The Morgan fingerprint density at radius 3 is 2.92 bits per heavy atom. The van der Waals surface area contributed by atoms with Gasteiger partial charge in [0.15, 0.2) is 5.78 Å². The summed E-state index contributed by atoms with van der Waals surface area (Å²) >= 11 is 0. The molecule has 1 rings (SSSR count). The van der Waals surface area contributed by atoms with Crippen LogP contribution >= 0.6 is 0 Å². The zero-order valence-electron chi connectivity index (χ0n) is 6.53. The van der Waals surface area contributed by atoms with E-state index < -0.39 is 5.97 Å². The fourth-order valence-corrected chi connectivity index (χ4v) is 1.03. The topological polar surface area (TPSA) is 63.6 Å². The van der Waals surface area contributed by atoms with Crippen molar-refractivity contribution in [3.63, 3.8) is 0 Å². The first-order chi connectivity index (χ1) is 5.63. The molecule has 0 bridgehead atoms. The van der Waals surface area contributed by atoms with Crippen LogP contribution in [-0.2, 0) is 14.3 Å². The summed E-state index contributed by atoms with van der Waals surface area (Å²) in [6.07, 6.45) is 2.41.